The molecule has 18 heavy (non-hydrogen) atoms. The molecule has 1 atom stereocenters. The molecule has 0 bridgehead atoms. The first-order chi connectivity index (χ1) is 8.77. The van der Waals surface area contributed by atoms with E-state index in [1.165, 1.54) is 19.3 Å². The first-order valence-corrected chi connectivity index (χ1v) is 7.02. The van der Waals surface area contributed by atoms with E-state index in [9.17, 15) is 4.39 Å². The van der Waals surface area contributed by atoms with Gasteiger partial charge in [-0.05, 0) is 50.8 Å². The molecule has 1 aliphatic heterocycles. The second kappa shape index (κ2) is 6.19. The average Bonchev–Trinajstić information content (AvgIpc) is 2.41. The van der Waals surface area contributed by atoms with Gasteiger partial charge in [0.15, 0.2) is 0 Å². The third kappa shape index (κ3) is 2.66. The van der Waals surface area contributed by atoms with Crippen molar-refractivity contribution in [2.45, 2.75) is 45.1 Å². The van der Waals surface area contributed by atoms with Gasteiger partial charge in [-0.25, -0.2) is 4.39 Å². The minimum absolute atomic E-state index is 0.113. The summed E-state index contributed by atoms with van der Waals surface area (Å²) in [5, 5.41) is 0. The summed E-state index contributed by atoms with van der Waals surface area (Å²) in [4.78, 5) is 2.39. The van der Waals surface area contributed by atoms with Crippen LogP contribution in [-0.4, -0.2) is 19.1 Å². The summed E-state index contributed by atoms with van der Waals surface area (Å²) in [7, 11) is 0. The minimum atomic E-state index is -0.113. The summed E-state index contributed by atoms with van der Waals surface area (Å²) in [6, 6.07) is 5.95. The van der Waals surface area contributed by atoms with Crippen molar-refractivity contribution < 1.29 is 4.39 Å². The molecule has 1 heterocycles. The lowest BCUT2D eigenvalue weighted by molar-refractivity contribution is 0.448. The fraction of sp³-hybridized carbons (Fsp3) is 0.600. The molecule has 0 radical (unpaired) electrons. The Balaban J connectivity index is 2.33. The molecule has 2 rings (SSSR count). The van der Waals surface area contributed by atoms with E-state index in [4.69, 9.17) is 5.73 Å². The second-order valence-corrected chi connectivity index (χ2v) is 5.03. The SMILES string of the molecule is CCC1CCCCN1c1cccc(F)c1CCN. The smallest absolute Gasteiger partial charge is 0.128 e. The van der Waals surface area contributed by atoms with Crippen LogP contribution in [0.15, 0.2) is 18.2 Å². The van der Waals surface area contributed by atoms with Crippen molar-refractivity contribution in [3.8, 4) is 0 Å². The fourth-order valence-electron chi connectivity index (χ4n) is 2.95. The van der Waals surface area contributed by atoms with E-state index in [1.54, 1.807) is 6.07 Å². The maximum atomic E-state index is 13.9. The number of hydrogen-bond acceptors (Lipinski definition) is 2. The van der Waals surface area contributed by atoms with Crippen LogP contribution in [0.4, 0.5) is 10.1 Å². The topological polar surface area (TPSA) is 29.3 Å². The lowest BCUT2D eigenvalue weighted by Gasteiger charge is -2.38. The van der Waals surface area contributed by atoms with Gasteiger partial charge >= 0.3 is 0 Å². The summed E-state index contributed by atoms with van der Waals surface area (Å²) < 4.78 is 13.9. The van der Waals surface area contributed by atoms with Crippen molar-refractivity contribution in [2.24, 2.45) is 5.73 Å². The summed E-state index contributed by atoms with van der Waals surface area (Å²) in [6.45, 7) is 3.75. The predicted molar refractivity (Wildman–Crippen MR) is 74.4 cm³/mol. The summed E-state index contributed by atoms with van der Waals surface area (Å²) in [6.07, 6.45) is 5.45. The molecule has 1 aliphatic rings. The molecule has 100 valence electrons. The summed E-state index contributed by atoms with van der Waals surface area (Å²) in [5.41, 5.74) is 7.46. The first-order valence-electron chi connectivity index (χ1n) is 7.02. The quantitative estimate of drug-likeness (QED) is 0.889. The van der Waals surface area contributed by atoms with Crippen LogP contribution in [0.1, 0.15) is 38.2 Å². The van der Waals surface area contributed by atoms with Gasteiger partial charge in [0.2, 0.25) is 0 Å². The second-order valence-electron chi connectivity index (χ2n) is 5.03. The summed E-state index contributed by atoms with van der Waals surface area (Å²) >= 11 is 0. The molecule has 1 aromatic carbocycles. The number of nitrogens with two attached hydrogens (primary N) is 1. The van der Waals surface area contributed by atoms with Gasteiger partial charge in [-0.15, -0.1) is 0 Å². The van der Waals surface area contributed by atoms with Crippen LogP contribution in [-0.2, 0) is 6.42 Å². The fourth-order valence-corrected chi connectivity index (χ4v) is 2.95. The Labute approximate surface area is 109 Å². The highest BCUT2D eigenvalue weighted by Crippen LogP contribution is 2.30. The standard InChI is InChI=1S/C15H23FN2/c1-2-12-6-3-4-11-18(12)15-8-5-7-14(16)13(15)9-10-17/h5,7-8,12H,2-4,6,9-11,17H2,1H3. The van der Waals surface area contributed by atoms with Gasteiger partial charge < -0.3 is 10.6 Å². The molecule has 2 N–H and O–H groups in total. The molecular weight excluding hydrogens is 227 g/mol. The highest BCUT2D eigenvalue weighted by Gasteiger charge is 2.23. The Bertz CT molecular complexity index is 392. The van der Waals surface area contributed by atoms with E-state index < -0.39 is 0 Å². The molecule has 1 aromatic rings. The van der Waals surface area contributed by atoms with Crippen LogP contribution < -0.4 is 10.6 Å². The van der Waals surface area contributed by atoms with Crippen LogP contribution in [0, 0.1) is 5.82 Å². The van der Waals surface area contributed by atoms with E-state index in [-0.39, 0.29) is 5.82 Å². The summed E-state index contributed by atoms with van der Waals surface area (Å²) in [5.74, 6) is -0.113. The molecule has 0 aliphatic carbocycles. The van der Waals surface area contributed by atoms with Crippen LogP contribution >= 0.6 is 0 Å². The molecule has 1 saturated heterocycles. The van der Waals surface area contributed by atoms with E-state index >= 15 is 0 Å². The number of rotatable bonds is 4. The van der Waals surface area contributed by atoms with Crippen LogP contribution in [0.5, 0.6) is 0 Å². The molecule has 3 heteroatoms. The molecule has 2 nitrogen and oxygen atoms in total. The van der Waals surface area contributed by atoms with Gasteiger partial charge in [0.05, 0.1) is 0 Å². The van der Waals surface area contributed by atoms with Gasteiger partial charge in [-0.2, -0.15) is 0 Å². The predicted octanol–water partition coefficient (Wildman–Crippen LogP) is 3.10. The van der Waals surface area contributed by atoms with Gasteiger partial charge in [0, 0.05) is 23.8 Å². The van der Waals surface area contributed by atoms with Crippen molar-refractivity contribution >= 4 is 5.69 Å². The van der Waals surface area contributed by atoms with E-state index in [0.717, 1.165) is 24.2 Å². The number of benzene rings is 1. The van der Waals surface area contributed by atoms with Crippen molar-refractivity contribution in [3.63, 3.8) is 0 Å². The molecule has 0 aromatic heterocycles. The Morgan fingerprint density at radius 2 is 2.22 bits per heavy atom. The van der Waals surface area contributed by atoms with Crippen LogP contribution in [0.2, 0.25) is 0 Å². The van der Waals surface area contributed by atoms with Crippen molar-refractivity contribution in [1.82, 2.24) is 0 Å². The number of piperidine rings is 1. The third-order valence-electron chi connectivity index (χ3n) is 3.90. The average molecular weight is 250 g/mol. The van der Waals surface area contributed by atoms with Crippen molar-refractivity contribution in [1.29, 1.82) is 0 Å². The molecule has 1 fully saturated rings. The van der Waals surface area contributed by atoms with Crippen molar-refractivity contribution in [2.75, 3.05) is 18.0 Å². The van der Waals surface area contributed by atoms with Gasteiger partial charge in [-0.3, -0.25) is 0 Å². The van der Waals surface area contributed by atoms with E-state index in [1.807, 2.05) is 12.1 Å². The van der Waals surface area contributed by atoms with Gasteiger partial charge in [0.25, 0.3) is 0 Å². The van der Waals surface area contributed by atoms with Crippen LogP contribution in [0.3, 0.4) is 0 Å². The Morgan fingerprint density at radius 1 is 1.39 bits per heavy atom. The Morgan fingerprint density at radius 3 is 2.94 bits per heavy atom. The number of hydrogen-bond donors (Lipinski definition) is 1. The highest BCUT2D eigenvalue weighted by atomic mass is 19.1. The Kier molecular flexibility index (Phi) is 4.59. The monoisotopic (exact) mass is 250 g/mol. The molecule has 0 saturated carbocycles. The van der Waals surface area contributed by atoms with Crippen molar-refractivity contribution in [3.05, 3.63) is 29.6 Å². The largest absolute Gasteiger partial charge is 0.368 e. The zero-order valence-electron chi connectivity index (χ0n) is 11.2. The number of anilines is 1. The number of nitrogens with zero attached hydrogens (tertiary/aromatic N) is 1. The molecule has 1 unspecified atom stereocenters. The third-order valence-corrected chi connectivity index (χ3v) is 3.90. The zero-order valence-corrected chi connectivity index (χ0v) is 11.2. The van der Waals surface area contributed by atoms with Crippen LogP contribution in [0.25, 0.3) is 0 Å². The number of halogens is 1. The van der Waals surface area contributed by atoms with E-state index in [0.29, 0.717) is 19.0 Å². The van der Waals surface area contributed by atoms with Gasteiger partial charge in [-0.1, -0.05) is 13.0 Å². The molecule has 0 spiro atoms. The zero-order chi connectivity index (χ0) is 13.0. The maximum Gasteiger partial charge on any atom is 0.128 e. The van der Waals surface area contributed by atoms with E-state index in [2.05, 4.69) is 11.8 Å². The lowest BCUT2D eigenvalue weighted by Crippen LogP contribution is -2.39. The first kappa shape index (κ1) is 13.3. The lowest BCUT2D eigenvalue weighted by atomic mass is 9.97. The minimum Gasteiger partial charge on any atom is -0.368 e. The molecule has 0 amide bonds. The van der Waals surface area contributed by atoms with Gasteiger partial charge in [0.1, 0.15) is 5.82 Å². The maximum absolute atomic E-state index is 13.9. The normalized spacial score (nSPS) is 20.2. The Hall–Kier alpha value is -1.09. The molecular formula is C15H23FN2. The highest BCUT2D eigenvalue weighted by molar-refractivity contribution is 5.55.